The first-order valence-corrected chi connectivity index (χ1v) is 6.59. The molecule has 86 valence electrons. The van der Waals surface area contributed by atoms with Crippen molar-refractivity contribution in [2.24, 2.45) is 0 Å². The van der Waals surface area contributed by atoms with E-state index in [9.17, 15) is 5.11 Å². The molecule has 1 N–H and O–H groups in total. The van der Waals surface area contributed by atoms with Gasteiger partial charge in [-0.3, -0.25) is 0 Å². The highest BCUT2D eigenvalue weighted by molar-refractivity contribution is 5.50. The minimum atomic E-state index is -0.197. The largest absolute Gasteiger partial charge is 0.393 e. The maximum atomic E-state index is 9.67. The molecule has 1 heteroatoms. The molecule has 0 radical (unpaired) electrons. The van der Waals surface area contributed by atoms with E-state index in [1.807, 2.05) is 6.92 Å². The fourth-order valence-corrected chi connectivity index (χ4v) is 3.48. The first-order chi connectivity index (χ1) is 7.75. The summed E-state index contributed by atoms with van der Waals surface area (Å²) in [4.78, 5) is 0. The van der Waals surface area contributed by atoms with Crippen LogP contribution in [0.25, 0.3) is 0 Å². The zero-order valence-electron chi connectivity index (χ0n) is 10.1. The minimum Gasteiger partial charge on any atom is -0.393 e. The molecule has 1 aromatic carbocycles. The average Bonchev–Trinajstić information content (AvgIpc) is 2.83. The van der Waals surface area contributed by atoms with Crippen LogP contribution in [-0.2, 0) is 32.1 Å². The Kier molecular flexibility index (Phi) is 2.51. The normalized spacial score (nSPS) is 19.6. The van der Waals surface area contributed by atoms with Crippen molar-refractivity contribution in [3.63, 3.8) is 0 Å². The fraction of sp³-hybridized carbons (Fsp3) is 0.600. The van der Waals surface area contributed by atoms with Gasteiger partial charge in [0.15, 0.2) is 0 Å². The van der Waals surface area contributed by atoms with E-state index in [0.717, 1.165) is 6.42 Å². The van der Waals surface area contributed by atoms with Crippen LogP contribution in [0.2, 0.25) is 0 Å². The fourth-order valence-electron chi connectivity index (χ4n) is 3.48. The Balaban J connectivity index is 2.12. The number of benzene rings is 1. The van der Waals surface area contributed by atoms with Crippen LogP contribution in [0.3, 0.4) is 0 Å². The molecule has 0 bridgehead atoms. The number of aliphatic hydroxyl groups excluding tert-OH is 1. The van der Waals surface area contributed by atoms with Gasteiger partial charge in [0.25, 0.3) is 0 Å². The van der Waals surface area contributed by atoms with Crippen LogP contribution in [0.5, 0.6) is 0 Å². The SMILES string of the molecule is CC(O)Cc1c2c(cc3c1CCC3)CCC2. The van der Waals surface area contributed by atoms with Gasteiger partial charge in [0.1, 0.15) is 0 Å². The highest BCUT2D eigenvalue weighted by Crippen LogP contribution is 2.35. The zero-order chi connectivity index (χ0) is 11.1. The van der Waals surface area contributed by atoms with Gasteiger partial charge >= 0.3 is 0 Å². The van der Waals surface area contributed by atoms with Gasteiger partial charge in [-0.25, -0.2) is 0 Å². The van der Waals surface area contributed by atoms with E-state index in [2.05, 4.69) is 6.07 Å². The number of hydrogen-bond acceptors (Lipinski definition) is 1. The molecule has 1 nitrogen and oxygen atoms in total. The summed E-state index contributed by atoms with van der Waals surface area (Å²) < 4.78 is 0. The summed E-state index contributed by atoms with van der Waals surface area (Å²) in [6.07, 6.45) is 8.29. The summed E-state index contributed by atoms with van der Waals surface area (Å²) in [7, 11) is 0. The highest BCUT2D eigenvalue weighted by Gasteiger charge is 2.24. The van der Waals surface area contributed by atoms with E-state index in [1.54, 1.807) is 22.3 Å². The van der Waals surface area contributed by atoms with Crippen LogP contribution in [-0.4, -0.2) is 11.2 Å². The summed E-state index contributed by atoms with van der Waals surface area (Å²) in [6, 6.07) is 2.45. The molecular formula is C15H20O. The predicted octanol–water partition coefficient (Wildman–Crippen LogP) is 2.59. The van der Waals surface area contributed by atoms with Gasteiger partial charge in [0.05, 0.1) is 6.10 Å². The molecule has 0 saturated heterocycles. The first-order valence-electron chi connectivity index (χ1n) is 6.59. The molecule has 16 heavy (non-hydrogen) atoms. The van der Waals surface area contributed by atoms with Crippen LogP contribution in [0.4, 0.5) is 0 Å². The number of hydrogen-bond donors (Lipinski definition) is 1. The molecule has 0 heterocycles. The van der Waals surface area contributed by atoms with Crippen molar-refractivity contribution in [3.05, 3.63) is 33.9 Å². The number of aliphatic hydroxyl groups is 1. The summed E-state index contributed by atoms with van der Waals surface area (Å²) in [5, 5.41) is 9.67. The highest BCUT2D eigenvalue weighted by atomic mass is 16.3. The summed E-state index contributed by atoms with van der Waals surface area (Å²) >= 11 is 0. The van der Waals surface area contributed by atoms with Crippen LogP contribution >= 0.6 is 0 Å². The standard InChI is InChI=1S/C15H20O/c1-10(16)8-15-13-6-2-4-11(13)9-12-5-3-7-14(12)15/h9-10,16H,2-8H2,1H3. The second-order valence-corrected chi connectivity index (χ2v) is 5.39. The quantitative estimate of drug-likeness (QED) is 0.805. The Labute approximate surface area is 97.5 Å². The van der Waals surface area contributed by atoms with Gasteiger partial charge in [0.2, 0.25) is 0 Å². The Morgan fingerprint density at radius 3 is 2.12 bits per heavy atom. The van der Waals surface area contributed by atoms with Crippen molar-refractivity contribution in [3.8, 4) is 0 Å². The molecule has 0 amide bonds. The van der Waals surface area contributed by atoms with E-state index in [-0.39, 0.29) is 6.10 Å². The third-order valence-electron chi connectivity index (χ3n) is 4.10. The molecule has 0 spiro atoms. The summed E-state index contributed by atoms with van der Waals surface area (Å²) in [6.45, 7) is 1.91. The van der Waals surface area contributed by atoms with Gasteiger partial charge in [-0.05, 0) is 79.7 Å². The average molecular weight is 216 g/mol. The second-order valence-electron chi connectivity index (χ2n) is 5.39. The Hall–Kier alpha value is -0.820. The summed E-state index contributed by atoms with van der Waals surface area (Å²) in [5.74, 6) is 0. The lowest BCUT2D eigenvalue weighted by Crippen LogP contribution is -2.10. The Morgan fingerprint density at radius 1 is 1.06 bits per heavy atom. The van der Waals surface area contributed by atoms with Crippen LogP contribution in [0, 0.1) is 0 Å². The molecule has 2 aliphatic carbocycles. The lowest BCUT2D eigenvalue weighted by molar-refractivity contribution is 0.195. The zero-order valence-corrected chi connectivity index (χ0v) is 10.1. The van der Waals surface area contributed by atoms with Crippen LogP contribution in [0.15, 0.2) is 6.07 Å². The van der Waals surface area contributed by atoms with E-state index in [0.29, 0.717) is 0 Å². The second kappa shape index (κ2) is 3.89. The van der Waals surface area contributed by atoms with Gasteiger partial charge in [-0.15, -0.1) is 0 Å². The van der Waals surface area contributed by atoms with E-state index in [4.69, 9.17) is 0 Å². The molecule has 1 unspecified atom stereocenters. The Bertz CT molecular complexity index is 386. The number of aryl methyl sites for hydroxylation is 2. The minimum absolute atomic E-state index is 0.197. The molecule has 0 fully saturated rings. The van der Waals surface area contributed by atoms with Crippen molar-refractivity contribution in [1.29, 1.82) is 0 Å². The topological polar surface area (TPSA) is 20.2 Å². The van der Waals surface area contributed by atoms with Gasteiger partial charge in [0, 0.05) is 0 Å². The van der Waals surface area contributed by atoms with E-state index < -0.39 is 0 Å². The molecule has 0 aliphatic heterocycles. The number of rotatable bonds is 2. The maximum absolute atomic E-state index is 9.67. The lowest BCUT2D eigenvalue weighted by atomic mass is 9.91. The van der Waals surface area contributed by atoms with Crippen molar-refractivity contribution in [2.75, 3.05) is 0 Å². The maximum Gasteiger partial charge on any atom is 0.0552 e. The van der Waals surface area contributed by atoms with Gasteiger partial charge < -0.3 is 5.11 Å². The third kappa shape index (κ3) is 1.58. The lowest BCUT2D eigenvalue weighted by Gasteiger charge is -2.16. The molecule has 0 aromatic heterocycles. The molecule has 3 rings (SSSR count). The summed E-state index contributed by atoms with van der Waals surface area (Å²) in [5.41, 5.74) is 7.84. The van der Waals surface area contributed by atoms with E-state index in [1.165, 1.54) is 44.1 Å². The molecule has 1 aromatic rings. The molecule has 2 aliphatic rings. The predicted molar refractivity (Wildman–Crippen MR) is 65.9 cm³/mol. The number of fused-ring (bicyclic) bond motifs is 2. The van der Waals surface area contributed by atoms with Crippen molar-refractivity contribution >= 4 is 0 Å². The molecule has 1 atom stereocenters. The molecular weight excluding hydrogens is 196 g/mol. The smallest absolute Gasteiger partial charge is 0.0552 e. The van der Waals surface area contributed by atoms with E-state index >= 15 is 0 Å². The van der Waals surface area contributed by atoms with Crippen LogP contribution in [0.1, 0.15) is 47.6 Å². The van der Waals surface area contributed by atoms with Crippen molar-refractivity contribution in [2.45, 2.75) is 58.0 Å². The monoisotopic (exact) mass is 216 g/mol. The van der Waals surface area contributed by atoms with Crippen molar-refractivity contribution in [1.82, 2.24) is 0 Å². The van der Waals surface area contributed by atoms with Crippen molar-refractivity contribution < 1.29 is 5.11 Å². The first kappa shape index (κ1) is 10.3. The van der Waals surface area contributed by atoms with Gasteiger partial charge in [-0.1, -0.05) is 6.07 Å². The van der Waals surface area contributed by atoms with Crippen LogP contribution < -0.4 is 0 Å². The van der Waals surface area contributed by atoms with Gasteiger partial charge in [-0.2, -0.15) is 0 Å². The Morgan fingerprint density at radius 2 is 1.62 bits per heavy atom. The molecule has 0 saturated carbocycles. The third-order valence-corrected chi connectivity index (χ3v) is 4.10.